The molecule has 10 heteroatoms. The lowest BCUT2D eigenvalue weighted by molar-refractivity contribution is -0.138. The van der Waals surface area contributed by atoms with Crippen molar-refractivity contribution in [2.45, 2.75) is 56.7 Å². The zero-order valence-electron chi connectivity index (χ0n) is 17.9. The summed E-state index contributed by atoms with van der Waals surface area (Å²) < 4.78 is 42.4. The van der Waals surface area contributed by atoms with Gasteiger partial charge in [-0.1, -0.05) is 11.6 Å². The Bertz CT molecular complexity index is 1160. The molecule has 1 aliphatic heterocycles. The third-order valence-electron chi connectivity index (χ3n) is 7.74. The van der Waals surface area contributed by atoms with Gasteiger partial charge in [0.1, 0.15) is 11.7 Å². The minimum absolute atomic E-state index is 0.0736. The van der Waals surface area contributed by atoms with E-state index in [4.69, 9.17) is 11.6 Å². The van der Waals surface area contributed by atoms with Crippen LogP contribution in [0.1, 0.15) is 66.1 Å². The maximum atomic E-state index is 13.7. The molecule has 3 aliphatic carbocycles. The number of rotatable bonds is 3. The molecule has 3 heterocycles. The van der Waals surface area contributed by atoms with E-state index in [0.717, 1.165) is 54.4 Å². The maximum Gasteiger partial charge on any atom is 0.419 e. The first kappa shape index (κ1) is 21.3. The highest BCUT2D eigenvalue weighted by Gasteiger charge is 2.45. The van der Waals surface area contributed by atoms with Gasteiger partial charge in [0.2, 0.25) is 5.91 Å². The number of hydrogen-bond donors (Lipinski definition) is 0. The number of halogens is 4. The van der Waals surface area contributed by atoms with E-state index in [-0.39, 0.29) is 40.9 Å². The van der Waals surface area contributed by atoms with Gasteiger partial charge in [0, 0.05) is 25.3 Å². The summed E-state index contributed by atoms with van der Waals surface area (Å²) in [6, 6.07) is 1.34. The Balaban J connectivity index is 1.26. The van der Waals surface area contributed by atoms with Gasteiger partial charge in [-0.2, -0.15) is 13.2 Å². The number of amides is 2. The molecule has 6 rings (SSSR count). The Morgan fingerprint density at radius 3 is 2.55 bits per heavy atom. The van der Waals surface area contributed by atoms with Crippen molar-refractivity contribution in [3.05, 3.63) is 34.2 Å². The Labute approximate surface area is 193 Å². The summed E-state index contributed by atoms with van der Waals surface area (Å²) in [4.78, 5) is 33.3. The third kappa shape index (κ3) is 3.68. The second-order valence-electron chi connectivity index (χ2n) is 9.94. The van der Waals surface area contributed by atoms with E-state index in [1.807, 2.05) is 4.90 Å². The molecular formula is C23H24ClF3N4O2. The second-order valence-corrected chi connectivity index (χ2v) is 10.3. The lowest BCUT2D eigenvalue weighted by atomic mass is 9.93. The van der Waals surface area contributed by atoms with Crippen LogP contribution in [0.15, 0.2) is 12.3 Å². The smallest absolute Gasteiger partial charge is 0.336 e. The summed E-state index contributed by atoms with van der Waals surface area (Å²) in [6.07, 6.45) is 3.04. The maximum absolute atomic E-state index is 13.7. The largest absolute Gasteiger partial charge is 0.419 e. The van der Waals surface area contributed by atoms with Crippen molar-refractivity contribution >= 4 is 29.1 Å². The molecular weight excluding hydrogens is 457 g/mol. The van der Waals surface area contributed by atoms with E-state index in [1.165, 1.54) is 11.3 Å². The Morgan fingerprint density at radius 2 is 1.88 bits per heavy atom. The average molecular weight is 481 g/mol. The molecule has 33 heavy (non-hydrogen) atoms. The number of aromatic nitrogens is 2. The van der Waals surface area contributed by atoms with Crippen LogP contribution in [0, 0.1) is 11.8 Å². The molecule has 0 aromatic carbocycles. The summed E-state index contributed by atoms with van der Waals surface area (Å²) in [5.74, 6) is 0.911. The number of hydrogen-bond acceptors (Lipinski definition) is 3. The van der Waals surface area contributed by atoms with Crippen molar-refractivity contribution in [3.63, 3.8) is 0 Å². The van der Waals surface area contributed by atoms with Gasteiger partial charge in [0.15, 0.2) is 11.3 Å². The highest BCUT2D eigenvalue weighted by atomic mass is 35.5. The average Bonchev–Trinajstić information content (AvgIpc) is 3.69. The molecule has 1 saturated heterocycles. The summed E-state index contributed by atoms with van der Waals surface area (Å²) in [5, 5.41) is -0.148. The predicted octanol–water partition coefficient (Wildman–Crippen LogP) is 4.36. The van der Waals surface area contributed by atoms with Gasteiger partial charge >= 0.3 is 6.18 Å². The molecule has 2 amide bonds. The van der Waals surface area contributed by atoms with E-state index >= 15 is 0 Å². The number of piperazine rings is 1. The van der Waals surface area contributed by atoms with Crippen molar-refractivity contribution in [1.82, 2.24) is 19.2 Å². The van der Waals surface area contributed by atoms with Crippen LogP contribution in [0.5, 0.6) is 0 Å². The molecule has 0 N–H and O–H groups in total. The molecule has 4 fully saturated rings. The highest BCUT2D eigenvalue weighted by Crippen LogP contribution is 2.50. The van der Waals surface area contributed by atoms with Crippen LogP contribution in [0.25, 0.3) is 5.65 Å². The minimum atomic E-state index is -4.62. The van der Waals surface area contributed by atoms with Crippen LogP contribution >= 0.6 is 11.6 Å². The van der Waals surface area contributed by atoms with Crippen LogP contribution < -0.4 is 0 Å². The van der Waals surface area contributed by atoms with E-state index in [9.17, 15) is 22.8 Å². The van der Waals surface area contributed by atoms with Crippen molar-refractivity contribution in [1.29, 1.82) is 0 Å². The zero-order valence-corrected chi connectivity index (χ0v) is 18.7. The van der Waals surface area contributed by atoms with Gasteiger partial charge < -0.3 is 9.80 Å². The second kappa shape index (κ2) is 7.35. The number of carbonyl (C=O) groups is 2. The van der Waals surface area contributed by atoms with Crippen molar-refractivity contribution in [2.24, 2.45) is 11.8 Å². The third-order valence-corrected chi connectivity index (χ3v) is 8.10. The fourth-order valence-corrected chi connectivity index (χ4v) is 5.88. The fraction of sp³-hybridized carbons (Fsp3) is 0.609. The predicted molar refractivity (Wildman–Crippen MR) is 114 cm³/mol. The van der Waals surface area contributed by atoms with Crippen LogP contribution in [0.3, 0.4) is 0 Å². The molecule has 3 atom stereocenters. The van der Waals surface area contributed by atoms with E-state index < -0.39 is 17.6 Å². The van der Waals surface area contributed by atoms with Crippen LogP contribution in [0.2, 0.25) is 5.15 Å². The van der Waals surface area contributed by atoms with Gasteiger partial charge in [-0.05, 0) is 67.9 Å². The Kier molecular flexibility index (Phi) is 4.74. The Morgan fingerprint density at radius 1 is 1.09 bits per heavy atom. The molecule has 0 spiro atoms. The summed E-state index contributed by atoms with van der Waals surface area (Å²) in [5.41, 5.74) is -0.979. The monoisotopic (exact) mass is 480 g/mol. The summed E-state index contributed by atoms with van der Waals surface area (Å²) in [7, 11) is 0. The normalized spacial score (nSPS) is 27.8. The molecule has 2 aromatic rings. The van der Waals surface area contributed by atoms with Gasteiger partial charge in [0.25, 0.3) is 5.91 Å². The summed E-state index contributed by atoms with van der Waals surface area (Å²) in [6.45, 7) is 0.642. The molecule has 3 saturated carbocycles. The lowest BCUT2D eigenvalue weighted by Gasteiger charge is -2.40. The van der Waals surface area contributed by atoms with Crippen LogP contribution in [0.4, 0.5) is 13.2 Å². The van der Waals surface area contributed by atoms with E-state index in [0.29, 0.717) is 18.7 Å². The molecule has 3 unspecified atom stereocenters. The number of carbonyl (C=O) groups excluding carboxylic acids is 2. The van der Waals surface area contributed by atoms with Gasteiger partial charge in [-0.3, -0.25) is 14.0 Å². The van der Waals surface area contributed by atoms with Gasteiger partial charge in [0.05, 0.1) is 5.56 Å². The number of pyridine rings is 1. The molecule has 4 aliphatic rings. The number of nitrogens with zero attached hydrogens (tertiary/aromatic N) is 4. The number of imidazole rings is 1. The minimum Gasteiger partial charge on any atom is -0.336 e. The van der Waals surface area contributed by atoms with E-state index in [1.54, 1.807) is 6.20 Å². The number of alkyl halides is 3. The SMILES string of the molecule is O=C(c1nc2c(C(F)(F)F)cc(C3CC3)cn2c1Cl)N1CCN(C2CCC3CC3C2)C(=O)C1. The molecule has 2 aromatic heterocycles. The van der Waals surface area contributed by atoms with Crippen molar-refractivity contribution in [3.8, 4) is 0 Å². The quantitative estimate of drug-likeness (QED) is 0.656. The van der Waals surface area contributed by atoms with Crippen molar-refractivity contribution in [2.75, 3.05) is 19.6 Å². The first-order valence-corrected chi connectivity index (χ1v) is 12.0. The topological polar surface area (TPSA) is 57.9 Å². The first-order chi connectivity index (χ1) is 15.7. The molecule has 0 bridgehead atoms. The standard InChI is InChI=1S/C23H24ClF3N4O2/c24-20-19(28-21-17(23(25,26)27)9-15(10-31(20)21)12-1-2-12)22(33)29-5-6-30(18(32)11-29)16-4-3-13-7-14(13)8-16/h9-10,12-14,16H,1-8,11H2. The zero-order chi connectivity index (χ0) is 23.1. The fourth-order valence-electron chi connectivity index (χ4n) is 5.63. The number of fused-ring (bicyclic) bond motifs is 2. The lowest BCUT2D eigenvalue weighted by Crippen LogP contribution is -2.55. The van der Waals surface area contributed by atoms with Gasteiger partial charge in [-0.15, -0.1) is 0 Å². The van der Waals surface area contributed by atoms with Crippen LogP contribution in [-0.4, -0.2) is 56.7 Å². The van der Waals surface area contributed by atoms with Crippen molar-refractivity contribution < 1.29 is 22.8 Å². The molecule has 176 valence electrons. The van der Waals surface area contributed by atoms with Gasteiger partial charge in [-0.25, -0.2) is 4.98 Å². The highest BCUT2D eigenvalue weighted by molar-refractivity contribution is 6.33. The van der Waals surface area contributed by atoms with E-state index in [2.05, 4.69) is 4.98 Å². The summed E-state index contributed by atoms with van der Waals surface area (Å²) >= 11 is 6.39. The first-order valence-electron chi connectivity index (χ1n) is 11.6. The molecule has 6 nitrogen and oxygen atoms in total. The Hall–Kier alpha value is -2.29. The van der Waals surface area contributed by atoms with Crippen LogP contribution in [-0.2, 0) is 11.0 Å². The molecule has 0 radical (unpaired) electrons.